The highest BCUT2D eigenvalue weighted by Gasteiger charge is 2.33. The lowest BCUT2D eigenvalue weighted by atomic mass is 10.1. The molecule has 7 heteroatoms. The van der Waals surface area contributed by atoms with Gasteiger partial charge in [-0.25, -0.2) is 0 Å². The Balaban J connectivity index is 1.65. The number of nitrogens with one attached hydrogen (secondary N) is 1. The van der Waals surface area contributed by atoms with Crippen molar-refractivity contribution in [2.24, 2.45) is 0 Å². The van der Waals surface area contributed by atoms with Gasteiger partial charge in [0.1, 0.15) is 12.4 Å². The van der Waals surface area contributed by atoms with Crippen molar-refractivity contribution >= 4 is 23.2 Å². The van der Waals surface area contributed by atoms with Crippen molar-refractivity contribution in [3.05, 3.63) is 94.5 Å². The summed E-state index contributed by atoms with van der Waals surface area (Å²) in [5.74, 6) is 0.207. The van der Waals surface area contributed by atoms with E-state index in [0.29, 0.717) is 12.2 Å². The van der Waals surface area contributed by atoms with Crippen molar-refractivity contribution in [3.8, 4) is 5.75 Å². The molecule has 3 rings (SSSR count). The zero-order valence-electron chi connectivity index (χ0n) is 14.5. The van der Waals surface area contributed by atoms with E-state index >= 15 is 0 Å². The van der Waals surface area contributed by atoms with Gasteiger partial charge in [0.05, 0.1) is 10.6 Å². The molecule has 3 aromatic carbocycles. The maximum Gasteiger partial charge on any atom is 0.417 e. The van der Waals surface area contributed by atoms with Crippen LogP contribution in [0.15, 0.2) is 72.8 Å². The molecule has 0 spiro atoms. The number of halogens is 4. The van der Waals surface area contributed by atoms with Crippen molar-refractivity contribution in [2.75, 3.05) is 5.32 Å². The first kappa shape index (κ1) is 19.8. The van der Waals surface area contributed by atoms with Gasteiger partial charge in [0, 0.05) is 11.3 Å². The summed E-state index contributed by atoms with van der Waals surface area (Å²) >= 11 is 5.58. The van der Waals surface area contributed by atoms with Gasteiger partial charge < -0.3 is 10.1 Å². The number of hydrogen-bond acceptors (Lipinski definition) is 2. The minimum Gasteiger partial charge on any atom is -0.489 e. The molecule has 0 atom stereocenters. The monoisotopic (exact) mass is 405 g/mol. The topological polar surface area (TPSA) is 38.3 Å². The Labute approximate surface area is 164 Å². The van der Waals surface area contributed by atoms with Crippen LogP contribution in [0.25, 0.3) is 0 Å². The van der Waals surface area contributed by atoms with Crippen LogP contribution in [0.2, 0.25) is 5.02 Å². The SMILES string of the molecule is O=C(Nc1ccc(Cl)c(C(F)(F)F)c1)c1ccc(COc2ccccc2)cc1. The molecule has 1 N–H and O–H groups in total. The first-order valence-electron chi connectivity index (χ1n) is 8.28. The standard InChI is InChI=1S/C21H15ClF3NO2/c22-19-11-10-16(12-18(19)21(23,24)25)26-20(27)15-8-6-14(7-9-15)13-28-17-4-2-1-3-5-17/h1-12H,13H2,(H,26,27). The predicted molar refractivity (Wildman–Crippen MR) is 102 cm³/mol. The van der Waals surface area contributed by atoms with Gasteiger partial charge in [-0.2, -0.15) is 13.2 Å². The molecule has 0 fully saturated rings. The molecule has 0 saturated carbocycles. The third kappa shape index (κ3) is 5.04. The van der Waals surface area contributed by atoms with E-state index in [1.165, 1.54) is 6.07 Å². The minimum absolute atomic E-state index is 0.0122. The number of amides is 1. The van der Waals surface area contributed by atoms with Gasteiger partial charge in [-0.05, 0) is 48.0 Å². The Morgan fingerprint density at radius 2 is 1.64 bits per heavy atom. The van der Waals surface area contributed by atoms with Gasteiger partial charge in [0.2, 0.25) is 0 Å². The first-order chi connectivity index (χ1) is 13.3. The van der Waals surface area contributed by atoms with E-state index < -0.39 is 22.7 Å². The number of carbonyl (C=O) groups is 1. The van der Waals surface area contributed by atoms with E-state index in [9.17, 15) is 18.0 Å². The second kappa shape index (κ2) is 8.35. The van der Waals surface area contributed by atoms with Crippen LogP contribution >= 0.6 is 11.6 Å². The number of ether oxygens (including phenoxy) is 1. The summed E-state index contributed by atoms with van der Waals surface area (Å²) in [7, 11) is 0. The summed E-state index contributed by atoms with van der Waals surface area (Å²) in [6, 6.07) is 19.1. The summed E-state index contributed by atoms with van der Waals surface area (Å²) in [5, 5.41) is 2.02. The van der Waals surface area contributed by atoms with E-state index in [-0.39, 0.29) is 5.69 Å². The highest BCUT2D eigenvalue weighted by Crippen LogP contribution is 2.36. The number of hydrogen-bond donors (Lipinski definition) is 1. The van der Waals surface area contributed by atoms with E-state index in [0.717, 1.165) is 23.4 Å². The molecule has 28 heavy (non-hydrogen) atoms. The summed E-state index contributed by atoms with van der Waals surface area (Å²) in [5.41, 5.74) is 0.178. The molecule has 3 nitrogen and oxygen atoms in total. The molecule has 1 amide bonds. The van der Waals surface area contributed by atoms with Crippen LogP contribution in [0, 0.1) is 0 Å². The van der Waals surface area contributed by atoms with Crippen molar-refractivity contribution in [1.29, 1.82) is 0 Å². The van der Waals surface area contributed by atoms with E-state index in [2.05, 4.69) is 5.32 Å². The highest BCUT2D eigenvalue weighted by molar-refractivity contribution is 6.31. The lowest BCUT2D eigenvalue weighted by Crippen LogP contribution is -2.13. The largest absolute Gasteiger partial charge is 0.489 e. The molecule has 0 aromatic heterocycles. The van der Waals surface area contributed by atoms with Crippen LogP contribution < -0.4 is 10.1 Å². The molecule has 0 bridgehead atoms. The fourth-order valence-electron chi connectivity index (χ4n) is 2.46. The van der Waals surface area contributed by atoms with Crippen LogP contribution in [0.3, 0.4) is 0 Å². The third-order valence-corrected chi connectivity index (χ3v) is 4.22. The molecule has 0 aliphatic rings. The second-order valence-corrected chi connectivity index (χ2v) is 6.35. The Bertz CT molecular complexity index is 958. The minimum atomic E-state index is -4.60. The molecule has 144 valence electrons. The quantitative estimate of drug-likeness (QED) is 0.549. The Morgan fingerprint density at radius 1 is 0.964 bits per heavy atom. The lowest BCUT2D eigenvalue weighted by molar-refractivity contribution is -0.137. The van der Waals surface area contributed by atoms with Crippen LogP contribution in [0.4, 0.5) is 18.9 Å². The van der Waals surface area contributed by atoms with Crippen molar-refractivity contribution in [1.82, 2.24) is 0 Å². The highest BCUT2D eigenvalue weighted by atomic mass is 35.5. The van der Waals surface area contributed by atoms with Crippen molar-refractivity contribution in [3.63, 3.8) is 0 Å². The number of carbonyl (C=O) groups excluding carboxylic acids is 1. The molecule has 0 saturated heterocycles. The third-order valence-electron chi connectivity index (χ3n) is 3.89. The predicted octanol–water partition coefficient (Wildman–Crippen LogP) is 6.19. The number of benzene rings is 3. The molecule has 0 aliphatic carbocycles. The van der Waals surface area contributed by atoms with Gasteiger partial charge in [-0.15, -0.1) is 0 Å². The summed E-state index contributed by atoms with van der Waals surface area (Å²) < 4.78 is 44.4. The van der Waals surface area contributed by atoms with E-state index in [1.807, 2.05) is 30.3 Å². The van der Waals surface area contributed by atoms with Crippen LogP contribution in [-0.4, -0.2) is 5.91 Å². The number of rotatable bonds is 5. The summed E-state index contributed by atoms with van der Waals surface area (Å²) in [4.78, 5) is 12.3. The maximum atomic E-state index is 12.9. The zero-order chi connectivity index (χ0) is 20.1. The fraction of sp³-hybridized carbons (Fsp3) is 0.0952. The molecule has 0 heterocycles. The molecule has 0 aliphatic heterocycles. The van der Waals surface area contributed by atoms with E-state index in [1.54, 1.807) is 24.3 Å². The van der Waals surface area contributed by atoms with Crippen LogP contribution in [0.5, 0.6) is 5.75 Å². The molecular formula is C21H15ClF3NO2. The van der Waals surface area contributed by atoms with Gasteiger partial charge in [0.15, 0.2) is 0 Å². The van der Waals surface area contributed by atoms with Crippen molar-refractivity contribution < 1.29 is 22.7 Å². The van der Waals surface area contributed by atoms with Gasteiger partial charge in [-0.3, -0.25) is 4.79 Å². The van der Waals surface area contributed by atoms with Crippen molar-refractivity contribution in [2.45, 2.75) is 12.8 Å². The van der Waals surface area contributed by atoms with Crippen LogP contribution in [0.1, 0.15) is 21.5 Å². The normalized spacial score (nSPS) is 11.1. The smallest absolute Gasteiger partial charge is 0.417 e. The molecule has 3 aromatic rings. The zero-order valence-corrected chi connectivity index (χ0v) is 15.2. The summed E-state index contributed by atoms with van der Waals surface area (Å²) in [6.45, 7) is 0.331. The molecular weight excluding hydrogens is 391 g/mol. The average molecular weight is 406 g/mol. The molecule has 0 unspecified atom stereocenters. The maximum absolute atomic E-state index is 12.9. The Kier molecular flexibility index (Phi) is 5.90. The van der Waals surface area contributed by atoms with Gasteiger partial charge in [0.25, 0.3) is 5.91 Å². The van der Waals surface area contributed by atoms with E-state index in [4.69, 9.17) is 16.3 Å². The number of alkyl halides is 3. The Hall–Kier alpha value is -2.99. The summed E-state index contributed by atoms with van der Waals surface area (Å²) in [6.07, 6.45) is -4.60. The first-order valence-corrected chi connectivity index (χ1v) is 8.65. The molecule has 0 radical (unpaired) electrons. The fourth-order valence-corrected chi connectivity index (χ4v) is 2.68. The Morgan fingerprint density at radius 3 is 2.29 bits per heavy atom. The van der Waals surface area contributed by atoms with Crippen LogP contribution in [-0.2, 0) is 12.8 Å². The number of anilines is 1. The lowest BCUT2D eigenvalue weighted by Gasteiger charge is -2.12. The second-order valence-electron chi connectivity index (χ2n) is 5.95. The number of para-hydroxylation sites is 1. The average Bonchev–Trinajstić information content (AvgIpc) is 2.68. The van der Waals surface area contributed by atoms with Gasteiger partial charge >= 0.3 is 6.18 Å². The van der Waals surface area contributed by atoms with Gasteiger partial charge in [-0.1, -0.05) is 41.9 Å².